The second-order valence-corrected chi connectivity index (χ2v) is 4.75. The Morgan fingerprint density at radius 2 is 2.27 bits per heavy atom. The predicted molar refractivity (Wildman–Crippen MR) is 62.1 cm³/mol. The second kappa shape index (κ2) is 5.83. The Hall–Kier alpha value is -0.120. The number of rotatable bonds is 4. The minimum Gasteiger partial charge on any atom is -0.380 e. The molecule has 1 N–H and O–H groups in total. The van der Waals surface area contributed by atoms with E-state index in [-0.39, 0.29) is 0 Å². The highest BCUT2D eigenvalue weighted by molar-refractivity contribution is 4.81. The van der Waals surface area contributed by atoms with Crippen molar-refractivity contribution in [3.05, 3.63) is 0 Å². The van der Waals surface area contributed by atoms with E-state index in [4.69, 9.17) is 4.74 Å². The summed E-state index contributed by atoms with van der Waals surface area (Å²) in [4.78, 5) is 2.60. The van der Waals surface area contributed by atoms with Crippen LogP contribution in [0.5, 0.6) is 0 Å². The molecule has 15 heavy (non-hydrogen) atoms. The lowest BCUT2D eigenvalue weighted by Crippen LogP contribution is -2.46. The molecular weight excluding hydrogens is 188 g/mol. The van der Waals surface area contributed by atoms with Crippen molar-refractivity contribution in [1.82, 2.24) is 10.2 Å². The van der Waals surface area contributed by atoms with E-state index in [1.54, 1.807) is 0 Å². The summed E-state index contributed by atoms with van der Waals surface area (Å²) in [5, 5.41) is 3.58. The van der Waals surface area contributed by atoms with E-state index in [1.165, 1.54) is 38.8 Å². The fraction of sp³-hybridized carbons (Fsp3) is 1.00. The number of nitrogens with one attached hydrogen (secondary N) is 1. The third-order valence-corrected chi connectivity index (χ3v) is 3.68. The lowest BCUT2D eigenvalue weighted by atomic mass is 10.1. The Kier molecular flexibility index (Phi) is 4.42. The van der Waals surface area contributed by atoms with Gasteiger partial charge in [0.25, 0.3) is 0 Å². The molecule has 0 aromatic heterocycles. The van der Waals surface area contributed by atoms with Gasteiger partial charge in [0.1, 0.15) is 0 Å². The fourth-order valence-electron chi connectivity index (χ4n) is 2.74. The third-order valence-electron chi connectivity index (χ3n) is 3.68. The Balaban J connectivity index is 1.79. The smallest absolute Gasteiger partial charge is 0.0621 e. The molecule has 2 rings (SSSR count). The molecule has 0 aromatic carbocycles. The van der Waals surface area contributed by atoms with Crippen LogP contribution in [-0.2, 0) is 4.74 Å². The molecular formula is C12H24N2O. The number of nitrogens with zero attached hydrogens (tertiary/aromatic N) is 1. The van der Waals surface area contributed by atoms with Crippen LogP contribution in [0.3, 0.4) is 0 Å². The van der Waals surface area contributed by atoms with Gasteiger partial charge in [0.2, 0.25) is 0 Å². The summed E-state index contributed by atoms with van der Waals surface area (Å²) in [5.74, 6) is 0. The van der Waals surface area contributed by atoms with Crippen LogP contribution in [0.25, 0.3) is 0 Å². The molecule has 2 aliphatic rings. The molecule has 0 amide bonds. The minimum atomic E-state index is 0.672. The van der Waals surface area contributed by atoms with Crippen LogP contribution in [0.15, 0.2) is 0 Å². The van der Waals surface area contributed by atoms with Gasteiger partial charge >= 0.3 is 0 Å². The summed E-state index contributed by atoms with van der Waals surface area (Å²) in [6.07, 6.45) is 5.26. The first-order chi connectivity index (χ1) is 7.40. The highest BCUT2D eigenvalue weighted by atomic mass is 16.5. The zero-order valence-electron chi connectivity index (χ0n) is 9.87. The van der Waals surface area contributed by atoms with Gasteiger partial charge in [-0.05, 0) is 38.8 Å². The molecule has 2 unspecified atom stereocenters. The quantitative estimate of drug-likeness (QED) is 0.759. The Labute approximate surface area is 93.2 Å². The zero-order chi connectivity index (χ0) is 10.5. The average Bonchev–Trinajstić information content (AvgIpc) is 2.80. The van der Waals surface area contributed by atoms with Gasteiger partial charge in [-0.2, -0.15) is 0 Å². The Bertz CT molecular complexity index is 174. The summed E-state index contributed by atoms with van der Waals surface area (Å²) in [6, 6.07) is 1.40. The van der Waals surface area contributed by atoms with E-state index in [1.807, 2.05) is 0 Å². The molecule has 3 nitrogen and oxygen atoms in total. The number of ether oxygens (including phenoxy) is 1. The van der Waals surface area contributed by atoms with Crippen LogP contribution >= 0.6 is 0 Å². The van der Waals surface area contributed by atoms with Crippen LogP contribution in [0, 0.1) is 0 Å². The van der Waals surface area contributed by atoms with Gasteiger partial charge in [0.05, 0.1) is 6.61 Å². The normalized spacial score (nSPS) is 32.4. The van der Waals surface area contributed by atoms with Crippen LogP contribution in [0.1, 0.15) is 32.6 Å². The molecule has 2 aliphatic heterocycles. The lowest BCUT2D eigenvalue weighted by molar-refractivity contribution is 0.0170. The highest BCUT2D eigenvalue weighted by Crippen LogP contribution is 2.15. The topological polar surface area (TPSA) is 24.5 Å². The fourth-order valence-corrected chi connectivity index (χ4v) is 2.74. The molecule has 88 valence electrons. The Morgan fingerprint density at radius 3 is 2.87 bits per heavy atom. The van der Waals surface area contributed by atoms with Gasteiger partial charge < -0.3 is 10.1 Å². The molecule has 2 fully saturated rings. The standard InChI is InChI=1S/C12H24N2O/c1-2-14(9-11-5-3-7-13-11)12-6-4-8-15-10-12/h11-13H,2-10H2,1H3. The maximum Gasteiger partial charge on any atom is 0.0621 e. The molecule has 2 heterocycles. The van der Waals surface area contributed by atoms with E-state index >= 15 is 0 Å². The maximum absolute atomic E-state index is 5.57. The summed E-state index contributed by atoms with van der Waals surface area (Å²) in [6.45, 7) is 7.76. The van der Waals surface area contributed by atoms with Crippen LogP contribution in [0.4, 0.5) is 0 Å². The van der Waals surface area contributed by atoms with Gasteiger partial charge in [-0.15, -0.1) is 0 Å². The SMILES string of the molecule is CCN(CC1CCCN1)C1CCCOC1. The average molecular weight is 212 g/mol. The minimum absolute atomic E-state index is 0.672. The van der Waals surface area contributed by atoms with Crippen molar-refractivity contribution < 1.29 is 4.74 Å². The van der Waals surface area contributed by atoms with Gasteiger partial charge in [-0.1, -0.05) is 6.92 Å². The molecule has 0 saturated carbocycles. The molecule has 0 aliphatic carbocycles. The first kappa shape index (κ1) is 11.4. The maximum atomic E-state index is 5.57. The van der Waals surface area contributed by atoms with Crippen molar-refractivity contribution in [2.75, 3.05) is 32.8 Å². The van der Waals surface area contributed by atoms with Crippen molar-refractivity contribution in [2.24, 2.45) is 0 Å². The molecule has 0 aromatic rings. The van der Waals surface area contributed by atoms with Crippen molar-refractivity contribution in [3.63, 3.8) is 0 Å². The van der Waals surface area contributed by atoms with E-state index in [2.05, 4.69) is 17.1 Å². The van der Waals surface area contributed by atoms with Crippen LogP contribution < -0.4 is 5.32 Å². The molecule has 0 bridgehead atoms. The summed E-state index contributed by atoms with van der Waals surface area (Å²) >= 11 is 0. The molecule has 0 radical (unpaired) electrons. The third kappa shape index (κ3) is 3.16. The summed E-state index contributed by atoms with van der Waals surface area (Å²) in [7, 11) is 0. The van der Waals surface area contributed by atoms with E-state index in [0.29, 0.717) is 6.04 Å². The predicted octanol–water partition coefficient (Wildman–Crippen LogP) is 1.24. The molecule has 2 atom stereocenters. The molecule has 2 saturated heterocycles. The zero-order valence-corrected chi connectivity index (χ0v) is 9.87. The van der Waals surface area contributed by atoms with Crippen molar-refractivity contribution in [2.45, 2.75) is 44.7 Å². The largest absolute Gasteiger partial charge is 0.380 e. The summed E-state index contributed by atoms with van der Waals surface area (Å²) in [5.41, 5.74) is 0. The monoisotopic (exact) mass is 212 g/mol. The van der Waals surface area contributed by atoms with E-state index in [9.17, 15) is 0 Å². The van der Waals surface area contributed by atoms with Gasteiger partial charge in [0.15, 0.2) is 0 Å². The van der Waals surface area contributed by atoms with Crippen LogP contribution in [0.2, 0.25) is 0 Å². The van der Waals surface area contributed by atoms with Gasteiger partial charge in [0, 0.05) is 25.2 Å². The number of hydrogen-bond acceptors (Lipinski definition) is 3. The first-order valence-electron chi connectivity index (χ1n) is 6.45. The number of hydrogen-bond donors (Lipinski definition) is 1. The van der Waals surface area contributed by atoms with Crippen molar-refractivity contribution in [1.29, 1.82) is 0 Å². The van der Waals surface area contributed by atoms with Crippen molar-refractivity contribution in [3.8, 4) is 0 Å². The van der Waals surface area contributed by atoms with Gasteiger partial charge in [-0.25, -0.2) is 0 Å². The van der Waals surface area contributed by atoms with E-state index in [0.717, 1.165) is 25.8 Å². The van der Waals surface area contributed by atoms with Crippen molar-refractivity contribution >= 4 is 0 Å². The second-order valence-electron chi connectivity index (χ2n) is 4.75. The molecule has 0 spiro atoms. The number of likely N-dealkylation sites (N-methyl/N-ethyl adjacent to an activating group) is 1. The molecule has 3 heteroatoms. The summed E-state index contributed by atoms with van der Waals surface area (Å²) < 4.78 is 5.57. The highest BCUT2D eigenvalue weighted by Gasteiger charge is 2.24. The van der Waals surface area contributed by atoms with Crippen LogP contribution in [-0.4, -0.2) is 49.8 Å². The first-order valence-corrected chi connectivity index (χ1v) is 6.45. The van der Waals surface area contributed by atoms with Gasteiger partial charge in [-0.3, -0.25) is 4.90 Å². The Morgan fingerprint density at radius 1 is 1.33 bits per heavy atom. The van der Waals surface area contributed by atoms with E-state index < -0.39 is 0 Å². The lowest BCUT2D eigenvalue weighted by Gasteiger charge is -2.34.